The monoisotopic (exact) mass is 318 g/mol. The van der Waals surface area contributed by atoms with Gasteiger partial charge in [-0.2, -0.15) is 0 Å². The summed E-state index contributed by atoms with van der Waals surface area (Å²) in [6, 6.07) is 9.77. The molecule has 1 heterocycles. The van der Waals surface area contributed by atoms with Gasteiger partial charge in [0.05, 0.1) is 10.6 Å². The molecule has 0 bridgehead atoms. The van der Waals surface area contributed by atoms with E-state index >= 15 is 0 Å². The van der Waals surface area contributed by atoms with E-state index in [9.17, 15) is 9.18 Å². The Bertz CT molecular complexity index is 812. The van der Waals surface area contributed by atoms with Crippen molar-refractivity contribution < 1.29 is 13.6 Å². The SMILES string of the molecule is O=C(NCCc1ccc2ocnc2c1)c1c(F)cccc1Cl. The molecule has 1 amide bonds. The van der Waals surface area contributed by atoms with Crippen molar-refractivity contribution in [2.24, 2.45) is 0 Å². The zero-order chi connectivity index (χ0) is 15.5. The van der Waals surface area contributed by atoms with E-state index in [0.29, 0.717) is 18.5 Å². The number of amides is 1. The molecule has 2 aromatic carbocycles. The Morgan fingerprint density at radius 1 is 1.32 bits per heavy atom. The highest BCUT2D eigenvalue weighted by Gasteiger charge is 2.15. The molecule has 4 nitrogen and oxygen atoms in total. The molecule has 1 aromatic heterocycles. The van der Waals surface area contributed by atoms with Gasteiger partial charge in [0.15, 0.2) is 12.0 Å². The fourth-order valence-electron chi connectivity index (χ4n) is 2.18. The van der Waals surface area contributed by atoms with Crippen LogP contribution in [0.3, 0.4) is 0 Å². The highest BCUT2D eigenvalue weighted by atomic mass is 35.5. The summed E-state index contributed by atoms with van der Waals surface area (Å²) in [5.41, 5.74) is 2.35. The van der Waals surface area contributed by atoms with Crippen LogP contribution in [0.1, 0.15) is 15.9 Å². The maximum Gasteiger partial charge on any atom is 0.255 e. The second-order valence-corrected chi connectivity index (χ2v) is 5.16. The summed E-state index contributed by atoms with van der Waals surface area (Å²) in [4.78, 5) is 16.1. The summed E-state index contributed by atoms with van der Waals surface area (Å²) in [7, 11) is 0. The molecule has 0 aliphatic rings. The third kappa shape index (κ3) is 2.94. The fraction of sp³-hybridized carbons (Fsp3) is 0.125. The van der Waals surface area contributed by atoms with Crippen molar-refractivity contribution in [3.8, 4) is 0 Å². The predicted molar refractivity (Wildman–Crippen MR) is 81.5 cm³/mol. The van der Waals surface area contributed by atoms with Gasteiger partial charge in [-0.05, 0) is 36.2 Å². The van der Waals surface area contributed by atoms with Crippen LogP contribution in [0.25, 0.3) is 11.1 Å². The van der Waals surface area contributed by atoms with E-state index in [4.69, 9.17) is 16.0 Å². The Balaban J connectivity index is 1.64. The number of oxazole rings is 1. The molecule has 112 valence electrons. The first-order valence-electron chi connectivity index (χ1n) is 6.69. The maximum atomic E-state index is 13.6. The zero-order valence-corrected chi connectivity index (χ0v) is 12.2. The molecular formula is C16H12ClFN2O2. The molecule has 0 aliphatic carbocycles. The van der Waals surface area contributed by atoms with Crippen LogP contribution in [0.4, 0.5) is 4.39 Å². The quantitative estimate of drug-likeness (QED) is 0.799. The third-order valence-corrected chi connectivity index (χ3v) is 3.60. The first-order chi connectivity index (χ1) is 10.6. The topological polar surface area (TPSA) is 55.1 Å². The van der Waals surface area contributed by atoms with E-state index in [1.807, 2.05) is 18.2 Å². The van der Waals surface area contributed by atoms with Crippen molar-refractivity contribution >= 4 is 28.6 Å². The number of hydrogen-bond acceptors (Lipinski definition) is 3. The van der Waals surface area contributed by atoms with E-state index in [1.54, 1.807) is 0 Å². The van der Waals surface area contributed by atoms with Crippen molar-refractivity contribution in [3.63, 3.8) is 0 Å². The zero-order valence-electron chi connectivity index (χ0n) is 11.5. The van der Waals surface area contributed by atoms with E-state index in [0.717, 1.165) is 11.1 Å². The average molecular weight is 319 g/mol. The fourth-order valence-corrected chi connectivity index (χ4v) is 2.43. The molecule has 0 radical (unpaired) electrons. The summed E-state index contributed by atoms with van der Waals surface area (Å²) in [5, 5.41) is 2.76. The second-order valence-electron chi connectivity index (χ2n) is 4.76. The molecule has 0 unspecified atom stereocenters. The number of benzene rings is 2. The minimum Gasteiger partial charge on any atom is -0.443 e. The van der Waals surface area contributed by atoms with Crippen LogP contribution in [-0.2, 0) is 6.42 Å². The molecule has 1 N–H and O–H groups in total. The van der Waals surface area contributed by atoms with Crippen molar-refractivity contribution in [1.82, 2.24) is 10.3 Å². The molecule has 3 rings (SSSR count). The predicted octanol–water partition coefficient (Wildman–Crippen LogP) is 3.59. The summed E-state index contributed by atoms with van der Waals surface area (Å²) < 4.78 is 18.8. The van der Waals surface area contributed by atoms with E-state index < -0.39 is 11.7 Å². The highest BCUT2D eigenvalue weighted by molar-refractivity contribution is 6.33. The smallest absolute Gasteiger partial charge is 0.255 e. The number of nitrogens with zero attached hydrogens (tertiary/aromatic N) is 1. The van der Waals surface area contributed by atoms with Crippen LogP contribution in [0.15, 0.2) is 47.2 Å². The molecular weight excluding hydrogens is 307 g/mol. The van der Waals surface area contributed by atoms with Gasteiger partial charge in [0, 0.05) is 6.54 Å². The number of fused-ring (bicyclic) bond motifs is 1. The third-order valence-electron chi connectivity index (χ3n) is 3.28. The van der Waals surface area contributed by atoms with Crippen LogP contribution in [-0.4, -0.2) is 17.4 Å². The Morgan fingerprint density at radius 3 is 3.00 bits per heavy atom. The molecule has 22 heavy (non-hydrogen) atoms. The van der Waals surface area contributed by atoms with Gasteiger partial charge in [-0.3, -0.25) is 4.79 Å². The van der Waals surface area contributed by atoms with E-state index in [-0.39, 0.29) is 10.6 Å². The number of rotatable bonds is 4. The van der Waals surface area contributed by atoms with Gasteiger partial charge < -0.3 is 9.73 Å². The van der Waals surface area contributed by atoms with Crippen LogP contribution in [0, 0.1) is 5.82 Å². The molecule has 0 atom stereocenters. The van der Waals surface area contributed by atoms with Gasteiger partial charge in [-0.25, -0.2) is 9.37 Å². The Morgan fingerprint density at radius 2 is 2.18 bits per heavy atom. The van der Waals surface area contributed by atoms with E-state index in [2.05, 4.69) is 10.3 Å². The van der Waals surface area contributed by atoms with E-state index in [1.165, 1.54) is 24.6 Å². The number of nitrogens with one attached hydrogen (secondary N) is 1. The minimum atomic E-state index is -0.631. The molecule has 0 aliphatic heterocycles. The Kier molecular flexibility index (Phi) is 4.06. The largest absolute Gasteiger partial charge is 0.443 e. The van der Waals surface area contributed by atoms with Crippen molar-refractivity contribution in [2.75, 3.05) is 6.54 Å². The Labute approximate surface area is 130 Å². The van der Waals surface area contributed by atoms with Crippen LogP contribution in [0.2, 0.25) is 5.02 Å². The molecule has 6 heteroatoms. The lowest BCUT2D eigenvalue weighted by Crippen LogP contribution is -2.26. The molecule has 0 saturated heterocycles. The van der Waals surface area contributed by atoms with Gasteiger partial charge in [0.1, 0.15) is 11.3 Å². The van der Waals surface area contributed by atoms with Crippen molar-refractivity contribution in [2.45, 2.75) is 6.42 Å². The van der Waals surface area contributed by atoms with Gasteiger partial charge in [0.25, 0.3) is 5.91 Å². The van der Waals surface area contributed by atoms with Gasteiger partial charge in [-0.1, -0.05) is 23.7 Å². The molecule has 3 aromatic rings. The number of hydrogen-bond donors (Lipinski definition) is 1. The average Bonchev–Trinajstić information content (AvgIpc) is 2.94. The normalized spacial score (nSPS) is 10.8. The molecule has 0 spiro atoms. The summed E-state index contributed by atoms with van der Waals surface area (Å²) in [5.74, 6) is -1.15. The highest BCUT2D eigenvalue weighted by Crippen LogP contribution is 2.19. The number of carbonyl (C=O) groups is 1. The first-order valence-corrected chi connectivity index (χ1v) is 7.07. The first kappa shape index (κ1) is 14.5. The summed E-state index contributed by atoms with van der Waals surface area (Å²) >= 11 is 5.85. The standard InChI is InChI=1S/C16H12ClFN2O2/c17-11-2-1-3-12(18)15(11)16(21)19-7-6-10-4-5-14-13(8-10)20-9-22-14/h1-5,8-9H,6-7H2,(H,19,21). The number of carbonyl (C=O) groups excluding carboxylic acids is 1. The van der Waals surface area contributed by atoms with Gasteiger partial charge in [0.2, 0.25) is 0 Å². The summed E-state index contributed by atoms with van der Waals surface area (Å²) in [6.07, 6.45) is 1.98. The number of aromatic nitrogens is 1. The molecule has 0 saturated carbocycles. The maximum absolute atomic E-state index is 13.6. The lowest BCUT2D eigenvalue weighted by atomic mass is 10.1. The van der Waals surface area contributed by atoms with Gasteiger partial charge in [-0.15, -0.1) is 0 Å². The Hall–Kier alpha value is -2.40. The lowest BCUT2D eigenvalue weighted by Gasteiger charge is -2.07. The van der Waals surface area contributed by atoms with Crippen LogP contribution >= 0.6 is 11.6 Å². The minimum absolute atomic E-state index is 0.0986. The lowest BCUT2D eigenvalue weighted by molar-refractivity contribution is 0.0950. The van der Waals surface area contributed by atoms with Crippen LogP contribution < -0.4 is 5.32 Å². The second kappa shape index (κ2) is 6.15. The van der Waals surface area contributed by atoms with Crippen LogP contribution in [0.5, 0.6) is 0 Å². The molecule has 0 fully saturated rings. The van der Waals surface area contributed by atoms with Crippen molar-refractivity contribution in [1.29, 1.82) is 0 Å². The summed E-state index contributed by atoms with van der Waals surface area (Å²) in [6.45, 7) is 0.368. The van der Waals surface area contributed by atoms with Crippen molar-refractivity contribution in [3.05, 3.63) is 64.8 Å². The number of halogens is 2. The van der Waals surface area contributed by atoms with Gasteiger partial charge >= 0.3 is 0 Å².